The van der Waals surface area contributed by atoms with Gasteiger partial charge in [-0.2, -0.15) is 0 Å². The highest BCUT2D eigenvalue weighted by molar-refractivity contribution is 6.21. The van der Waals surface area contributed by atoms with Gasteiger partial charge < -0.3 is 10.2 Å². The van der Waals surface area contributed by atoms with E-state index in [-0.39, 0.29) is 29.9 Å². The number of aliphatic imine (C=N–C) groups is 1. The number of halogens is 3. The summed E-state index contributed by atoms with van der Waals surface area (Å²) >= 11 is 0. The number of rotatable bonds is 2. The number of hydrogen-bond acceptors (Lipinski definition) is 4. The minimum atomic E-state index is -0.639. The lowest BCUT2D eigenvalue weighted by molar-refractivity contribution is 0.0999. The van der Waals surface area contributed by atoms with Crippen molar-refractivity contribution in [2.75, 3.05) is 32.0 Å². The molecule has 0 aliphatic carbocycles. The second kappa shape index (κ2) is 7.23. The van der Waals surface area contributed by atoms with E-state index in [4.69, 9.17) is 0 Å². The van der Waals surface area contributed by atoms with Gasteiger partial charge in [-0.25, -0.2) is 13.2 Å². The highest BCUT2D eigenvalue weighted by Gasteiger charge is 2.43. The van der Waals surface area contributed by atoms with Gasteiger partial charge in [0.1, 0.15) is 24.0 Å². The fraction of sp³-hybridized carbons (Fsp3) is 0.391. The minimum Gasteiger partial charge on any atom is -0.380 e. The summed E-state index contributed by atoms with van der Waals surface area (Å²) in [6.45, 7) is 1.73. The molecule has 156 valence electrons. The molecule has 0 amide bonds. The first-order valence-electron chi connectivity index (χ1n) is 10.2. The summed E-state index contributed by atoms with van der Waals surface area (Å²) in [6.07, 6.45) is 1.80. The minimum absolute atomic E-state index is 0.0926. The summed E-state index contributed by atoms with van der Waals surface area (Å²) in [5, 5.41) is 3.42. The zero-order valence-electron chi connectivity index (χ0n) is 16.6. The Labute approximate surface area is 172 Å². The smallest absolute Gasteiger partial charge is 0.185 e. The van der Waals surface area contributed by atoms with Crippen LogP contribution in [0.5, 0.6) is 0 Å². The number of benzene rings is 2. The number of anilines is 1. The maximum Gasteiger partial charge on any atom is 0.185 e. The molecule has 1 saturated heterocycles. The SMILES string of the molecule is CN1CCC([C@H]2Nc3cc(F)cc4c3C(=NCC4=O)[C@@H]2c2ccc(F)cc2F)CC1. The van der Waals surface area contributed by atoms with E-state index < -0.39 is 23.4 Å². The van der Waals surface area contributed by atoms with Gasteiger partial charge in [0, 0.05) is 34.8 Å². The molecule has 7 heteroatoms. The van der Waals surface area contributed by atoms with Crippen molar-refractivity contribution >= 4 is 17.2 Å². The first kappa shape index (κ1) is 19.3. The molecule has 2 aromatic carbocycles. The summed E-state index contributed by atoms with van der Waals surface area (Å²) in [5.41, 5.74) is 2.29. The first-order chi connectivity index (χ1) is 14.4. The van der Waals surface area contributed by atoms with E-state index in [9.17, 15) is 18.0 Å². The Bertz CT molecular complexity index is 1060. The van der Waals surface area contributed by atoms with Crippen LogP contribution in [-0.2, 0) is 0 Å². The van der Waals surface area contributed by atoms with E-state index in [0.29, 0.717) is 22.5 Å². The standard InChI is InChI=1S/C23H22F3N3O/c1-29-6-4-12(5-7-29)22-21(15-3-2-13(24)9-17(15)26)23-20-16(19(30)11-27-23)8-14(25)10-18(20)28-22/h2-3,8-10,12,21-22,28H,4-7,11H2,1H3/t21-,22-/m1/s1. The van der Waals surface area contributed by atoms with Gasteiger partial charge >= 0.3 is 0 Å². The molecule has 0 bridgehead atoms. The maximum atomic E-state index is 14.9. The summed E-state index contributed by atoms with van der Waals surface area (Å²) in [4.78, 5) is 19.2. The van der Waals surface area contributed by atoms with Crippen molar-refractivity contribution in [2.24, 2.45) is 10.9 Å². The second-order valence-electron chi connectivity index (χ2n) is 8.45. The van der Waals surface area contributed by atoms with Gasteiger partial charge in [0.25, 0.3) is 0 Å². The lowest BCUT2D eigenvalue weighted by atomic mass is 9.71. The van der Waals surface area contributed by atoms with Crippen LogP contribution >= 0.6 is 0 Å². The molecular formula is C23H22F3N3O. The zero-order chi connectivity index (χ0) is 21.0. The van der Waals surface area contributed by atoms with Crippen LogP contribution < -0.4 is 5.32 Å². The van der Waals surface area contributed by atoms with E-state index in [1.807, 2.05) is 0 Å². The number of nitrogens with zero attached hydrogens (tertiary/aromatic N) is 2. The number of carbonyl (C=O) groups excluding carboxylic acids is 1. The van der Waals surface area contributed by atoms with E-state index in [2.05, 4.69) is 22.3 Å². The predicted octanol–water partition coefficient (Wildman–Crippen LogP) is 4.01. The number of piperidine rings is 1. The van der Waals surface area contributed by atoms with Crippen molar-refractivity contribution in [3.05, 3.63) is 64.5 Å². The molecule has 2 aromatic rings. The zero-order valence-corrected chi connectivity index (χ0v) is 16.6. The average Bonchev–Trinajstić information content (AvgIpc) is 2.71. The van der Waals surface area contributed by atoms with Gasteiger partial charge in [0.05, 0.1) is 5.71 Å². The Kier molecular flexibility index (Phi) is 4.65. The van der Waals surface area contributed by atoms with Gasteiger partial charge in [0.15, 0.2) is 5.78 Å². The van der Waals surface area contributed by atoms with Crippen LogP contribution in [0.4, 0.5) is 18.9 Å². The quantitative estimate of drug-likeness (QED) is 0.809. The molecule has 0 aromatic heterocycles. The van der Waals surface area contributed by atoms with E-state index >= 15 is 0 Å². The number of Topliss-reactive ketones (excluding diaryl/α,β-unsaturated/α-hetero) is 1. The molecular weight excluding hydrogens is 391 g/mol. The first-order valence-corrected chi connectivity index (χ1v) is 10.2. The molecule has 1 N–H and O–H groups in total. The molecule has 0 spiro atoms. The molecule has 2 atom stereocenters. The van der Waals surface area contributed by atoms with Crippen molar-refractivity contribution in [2.45, 2.75) is 24.8 Å². The van der Waals surface area contributed by atoms with Crippen LogP contribution in [-0.4, -0.2) is 49.1 Å². The van der Waals surface area contributed by atoms with Crippen molar-refractivity contribution in [3.63, 3.8) is 0 Å². The third-order valence-electron chi connectivity index (χ3n) is 6.60. The number of nitrogens with one attached hydrogen (secondary N) is 1. The van der Waals surface area contributed by atoms with Crippen LogP contribution in [0.3, 0.4) is 0 Å². The largest absolute Gasteiger partial charge is 0.380 e. The van der Waals surface area contributed by atoms with Gasteiger partial charge in [-0.1, -0.05) is 6.07 Å². The molecule has 30 heavy (non-hydrogen) atoms. The number of ketones is 1. The summed E-state index contributed by atoms with van der Waals surface area (Å²) in [6, 6.07) is 5.98. The Morgan fingerprint density at radius 2 is 1.83 bits per heavy atom. The molecule has 4 nitrogen and oxygen atoms in total. The van der Waals surface area contributed by atoms with Crippen LogP contribution in [0.25, 0.3) is 0 Å². The lowest BCUT2D eigenvalue weighted by Crippen LogP contribution is -2.48. The van der Waals surface area contributed by atoms with Crippen LogP contribution in [0, 0.1) is 23.4 Å². The van der Waals surface area contributed by atoms with Crippen molar-refractivity contribution in [1.29, 1.82) is 0 Å². The Morgan fingerprint density at radius 3 is 2.57 bits per heavy atom. The predicted molar refractivity (Wildman–Crippen MR) is 109 cm³/mol. The summed E-state index contributed by atoms with van der Waals surface area (Å²) in [7, 11) is 2.06. The Morgan fingerprint density at radius 1 is 1.07 bits per heavy atom. The third kappa shape index (κ3) is 3.12. The van der Waals surface area contributed by atoms with Crippen molar-refractivity contribution < 1.29 is 18.0 Å². The molecule has 3 aliphatic rings. The maximum absolute atomic E-state index is 14.9. The molecule has 0 saturated carbocycles. The third-order valence-corrected chi connectivity index (χ3v) is 6.60. The Balaban J connectivity index is 1.68. The van der Waals surface area contributed by atoms with Gasteiger partial charge in [-0.3, -0.25) is 9.79 Å². The van der Waals surface area contributed by atoms with Crippen LogP contribution in [0.15, 0.2) is 35.3 Å². The highest BCUT2D eigenvalue weighted by atomic mass is 19.1. The topological polar surface area (TPSA) is 44.7 Å². The van der Waals surface area contributed by atoms with E-state index in [1.54, 1.807) is 0 Å². The van der Waals surface area contributed by atoms with E-state index in [0.717, 1.165) is 32.0 Å². The monoisotopic (exact) mass is 413 g/mol. The van der Waals surface area contributed by atoms with Gasteiger partial charge in [0.2, 0.25) is 0 Å². The van der Waals surface area contributed by atoms with E-state index in [1.165, 1.54) is 24.3 Å². The second-order valence-corrected chi connectivity index (χ2v) is 8.45. The summed E-state index contributed by atoms with van der Waals surface area (Å²) < 4.78 is 42.8. The highest BCUT2D eigenvalue weighted by Crippen LogP contribution is 2.44. The van der Waals surface area contributed by atoms with Crippen LogP contribution in [0.1, 0.15) is 40.2 Å². The van der Waals surface area contributed by atoms with Gasteiger partial charge in [-0.15, -0.1) is 0 Å². The average molecular weight is 413 g/mol. The molecule has 3 aliphatic heterocycles. The molecule has 3 heterocycles. The molecule has 1 fully saturated rings. The lowest BCUT2D eigenvalue weighted by Gasteiger charge is -2.44. The number of carbonyl (C=O) groups is 1. The van der Waals surface area contributed by atoms with Gasteiger partial charge in [-0.05, 0) is 62.7 Å². The van der Waals surface area contributed by atoms with Crippen LogP contribution in [0.2, 0.25) is 0 Å². The molecule has 0 unspecified atom stereocenters. The van der Waals surface area contributed by atoms with Crippen molar-refractivity contribution in [1.82, 2.24) is 4.90 Å². The normalized spacial score (nSPS) is 24.3. The summed E-state index contributed by atoms with van der Waals surface area (Å²) in [5.74, 6) is -2.29. The number of hydrogen-bond donors (Lipinski definition) is 1. The van der Waals surface area contributed by atoms with Crippen molar-refractivity contribution in [3.8, 4) is 0 Å². The molecule has 5 rings (SSSR count). The number of likely N-dealkylation sites (tertiary alicyclic amines) is 1. The fourth-order valence-electron chi connectivity index (χ4n) is 5.10. The molecule has 0 radical (unpaired) electrons. The fourth-order valence-corrected chi connectivity index (χ4v) is 5.10. The Hall–Kier alpha value is -2.67.